The third-order valence-corrected chi connectivity index (χ3v) is 8.16. The normalized spacial score (nSPS) is 13.9. The zero-order valence-electron chi connectivity index (χ0n) is 26.0. The molecule has 3 aromatic carbocycles. The molecule has 1 aliphatic rings. The third-order valence-electron chi connectivity index (χ3n) is 8.16. The average Bonchev–Trinajstić information content (AvgIpc) is 3.00. The number of nitrogens with two attached hydrogens (primary N) is 1. The minimum Gasteiger partial charge on any atom is -0.339 e. The summed E-state index contributed by atoms with van der Waals surface area (Å²) in [4.78, 5) is 45.5. The van der Waals surface area contributed by atoms with Gasteiger partial charge in [0.1, 0.15) is 0 Å². The number of hydrogen-bond donors (Lipinski definition) is 3. The van der Waals surface area contributed by atoms with Crippen molar-refractivity contribution in [1.82, 2.24) is 14.5 Å². The highest BCUT2D eigenvalue weighted by molar-refractivity contribution is 6.05. The molecule has 2 amide bonds. The Balaban J connectivity index is 1.34. The van der Waals surface area contributed by atoms with Crippen LogP contribution in [0, 0.1) is 6.92 Å². The topological polar surface area (TPSA) is 122 Å². The van der Waals surface area contributed by atoms with Crippen LogP contribution in [0.5, 0.6) is 0 Å². The van der Waals surface area contributed by atoms with Gasteiger partial charge in [0.15, 0.2) is 5.82 Å². The number of carbonyl (C=O) groups excluding carboxylic acids is 2. The summed E-state index contributed by atoms with van der Waals surface area (Å²) < 4.78 is 1.48. The molecular formula is C35H40N6O3. The number of anilines is 3. The molecule has 0 bridgehead atoms. The van der Waals surface area contributed by atoms with E-state index in [1.807, 2.05) is 54.3 Å². The van der Waals surface area contributed by atoms with E-state index in [-0.39, 0.29) is 34.6 Å². The molecule has 1 aromatic heterocycles. The predicted octanol–water partition coefficient (Wildman–Crippen LogP) is 5.61. The smallest absolute Gasteiger partial charge is 0.293 e. The molecule has 0 saturated carbocycles. The van der Waals surface area contributed by atoms with E-state index < -0.39 is 0 Å². The van der Waals surface area contributed by atoms with Crippen molar-refractivity contribution in [2.75, 3.05) is 23.7 Å². The van der Waals surface area contributed by atoms with Gasteiger partial charge in [-0.1, -0.05) is 45.0 Å². The molecule has 9 heteroatoms. The van der Waals surface area contributed by atoms with E-state index in [0.717, 1.165) is 29.5 Å². The number of carbonyl (C=O) groups is 2. The summed E-state index contributed by atoms with van der Waals surface area (Å²) in [6.07, 6.45) is 3.28. The Morgan fingerprint density at radius 1 is 0.932 bits per heavy atom. The maximum Gasteiger partial charge on any atom is 0.293 e. The number of likely N-dealkylation sites (tertiary alicyclic amines) is 1. The van der Waals surface area contributed by atoms with E-state index in [1.165, 1.54) is 4.57 Å². The minimum atomic E-state index is -0.292. The SMILES string of the molecule is Cc1c(NC(=O)c2ccc(C(C)(C)C)cc2)cccc1-c1cn(C)c(=O)c(Nc2ccc(C(=O)N3CCC(N)CC3)cc2)n1. The van der Waals surface area contributed by atoms with Crippen molar-refractivity contribution in [3.05, 3.63) is 106 Å². The van der Waals surface area contributed by atoms with Crippen molar-refractivity contribution < 1.29 is 9.59 Å². The first-order valence-corrected chi connectivity index (χ1v) is 14.9. The maximum atomic E-state index is 13.1. The lowest BCUT2D eigenvalue weighted by Gasteiger charge is -2.30. The zero-order valence-corrected chi connectivity index (χ0v) is 26.0. The second-order valence-corrected chi connectivity index (χ2v) is 12.5. The zero-order chi connectivity index (χ0) is 31.6. The largest absolute Gasteiger partial charge is 0.339 e. The van der Waals surface area contributed by atoms with Gasteiger partial charge >= 0.3 is 0 Å². The van der Waals surface area contributed by atoms with Crippen LogP contribution in [0.1, 0.15) is 65.5 Å². The van der Waals surface area contributed by atoms with Crippen LogP contribution in [0.15, 0.2) is 77.7 Å². The molecular weight excluding hydrogens is 552 g/mol. The molecule has 1 saturated heterocycles. The van der Waals surface area contributed by atoms with Crippen molar-refractivity contribution >= 4 is 29.0 Å². The summed E-state index contributed by atoms with van der Waals surface area (Å²) in [7, 11) is 1.67. The second kappa shape index (κ2) is 12.5. The monoisotopic (exact) mass is 592 g/mol. The number of rotatable bonds is 6. The van der Waals surface area contributed by atoms with Crippen LogP contribution in [0.4, 0.5) is 17.2 Å². The molecule has 44 heavy (non-hydrogen) atoms. The lowest BCUT2D eigenvalue weighted by atomic mass is 9.86. The number of nitrogens with zero attached hydrogens (tertiary/aromatic N) is 3. The summed E-state index contributed by atoms with van der Waals surface area (Å²) >= 11 is 0. The Labute approximate surface area is 258 Å². The number of aryl methyl sites for hydroxylation is 1. The van der Waals surface area contributed by atoms with E-state index >= 15 is 0 Å². The van der Waals surface area contributed by atoms with Crippen LogP contribution in [0.3, 0.4) is 0 Å². The van der Waals surface area contributed by atoms with Gasteiger partial charge in [0.05, 0.1) is 5.69 Å². The molecule has 0 spiro atoms. The summed E-state index contributed by atoms with van der Waals surface area (Å²) in [5, 5.41) is 6.15. The highest BCUT2D eigenvalue weighted by atomic mass is 16.2. The third kappa shape index (κ3) is 6.73. The maximum absolute atomic E-state index is 13.1. The number of amides is 2. The molecule has 228 valence electrons. The van der Waals surface area contributed by atoms with Crippen molar-refractivity contribution in [2.45, 2.75) is 52.0 Å². The standard InChI is InChI=1S/C35H40N6O3/c1-22-28(7-6-8-29(22)39-32(42)23-9-13-25(14-10-23)35(2,3)4)30-21-40(5)34(44)31(38-30)37-27-15-11-24(12-16-27)33(43)41-19-17-26(36)18-20-41/h6-16,21,26H,17-20,36H2,1-5H3,(H,37,38)(H,39,42). The number of piperidine rings is 1. The van der Waals surface area contributed by atoms with E-state index in [1.54, 1.807) is 37.5 Å². The van der Waals surface area contributed by atoms with Gasteiger partial charge < -0.3 is 25.8 Å². The highest BCUT2D eigenvalue weighted by Gasteiger charge is 2.22. The highest BCUT2D eigenvalue weighted by Crippen LogP contribution is 2.29. The summed E-state index contributed by atoms with van der Waals surface area (Å²) in [6.45, 7) is 9.63. The number of aromatic nitrogens is 2. The fraction of sp³-hybridized carbons (Fsp3) is 0.314. The number of benzene rings is 3. The molecule has 2 heterocycles. The summed E-state index contributed by atoms with van der Waals surface area (Å²) in [5.74, 6) is -0.0713. The van der Waals surface area contributed by atoms with Gasteiger partial charge in [-0.15, -0.1) is 0 Å². The Morgan fingerprint density at radius 2 is 1.57 bits per heavy atom. The molecule has 1 fully saturated rings. The van der Waals surface area contributed by atoms with Crippen LogP contribution in [-0.2, 0) is 12.5 Å². The molecule has 1 aliphatic heterocycles. The first kappa shape index (κ1) is 30.7. The molecule has 0 atom stereocenters. The quantitative estimate of drug-likeness (QED) is 0.267. The van der Waals surface area contributed by atoms with E-state index in [0.29, 0.717) is 41.3 Å². The Bertz CT molecular complexity index is 1730. The predicted molar refractivity (Wildman–Crippen MR) is 176 cm³/mol. The molecule has 5 rings (SSSR count). The Morgan fingerprint density at radius 3 is 2.20 bits per heavy atom. The first-order chi connectivity index (χ1) is 20.9. The van der Waals surface area contributed by atoms with Gasteiger partial charge in [-0.05, 0) is 78.8 Å². The van der Waals surface area contributed by atoms with Crippen LogP contribution < -0.4 is 21.9 Å². The second-order valence-electron chi connectivity index (χ2n) is 12.5. The Kier molecular flexibility index (Phi) is 8.69. The van der Waals surface area contributed by atoms with Gasteiger partial charge in [-0.25, -0.2) is 4.98 Å². The van der Waals surface area contributed by atoms with Gasteiger partial charge in [0, 0.05) is 60.4 Å². The van der Waals surface area contributed by atoms with Crippen LogP contribution in [-0.4, -0.2) is 45.4 Å². The molecule has 0 aliphatic carbocycles. The van der Waals surface area contributed by atoms with E-state index in [9.17, 15) is 14.4 Å². The average molecular weight is 593 g/mol. The van der Waals surface area contributed by atoms with E-state index in [4.69, 9.17) is 5.73 Å². The lowest BCUT2D eigenvalue weighted by Crippen LogP contribution is -2.42. The van der Waals surface area contributed by atoms with Gasteiger partial charge in [0.25, 0.3) is 17.4 Å². The number of hydrogen-bond acceptors (Lipinski definition) is 6. The lowest BCUT2D eigenvalue weighted by molar-refractivity contribution is 0.0714. The minimum absolute atomic E-state index is 0.00126. The molecule has 9 nitrogen and oxygen atoms in total. The van der Waals surface area contributed by atoms with Crippen molar-refractivity contribution in [2.24, 2.45) is 12.8 Å². The number of nitrogens with one attached hydrogen (secondary N) is 2. The Hall–Kier alpha value is -4.76. The van der Waals surface area contributed by atoms with Crippen molar-refractivity contribution in [1.29, 1.82) is 0 Å². The summed E-state index contributed by atoms with van der Waals surface area (Å²) in [5.41, 5.74) is 11.5. The molecule has 4 N–H and O–H groups in total. The van der Waals surface area contributed by atoms with Crippen LogP contribution in [0.2, 0.25) is 0 Å². The van der Waals surface area contributed by atoms with Gasteiger partial charge in [-0.2, -0.15) is 0 Å². The molecule has 4 aromatic rings. The van der Waals surface area contributed by atoms with Crippen molar-refractivity contribution in [3.63, 3.8) is 0 Å². The fourth-order valence-corrected chi connectivity index (χ4v) is 5.30. The van der Waals surface area contributed by atoms with Gasteiger partial charge in [-0.3, -0.25) is 14.4 Å². The van der Waals surface area contributed by atoms with E-state index in [2.05, 4.69) is 36.4 Å². The van der Waals surface area contributed by atoms with Crippen molar-refractivity contribution in [3.8, 4) is 11.3 Å². The molecule has 0 unspecified atom stereocenters. The first-order valence-electron chi connectivity index (χ1n) is 14.9. The van der Waals surface area contributed by atoms with Crippen LogP contribution >= 0.6 is 0 Å². The van der Waals surface area contributed by atoms with Gasteiger partial charge in [0.2, 0.25) is 0 Å². The van der Waals surface area contributed by atoms with Crippen LogP contribution in [0.25, 0.3) is 11.3 Å². The fourth-order valence-electron chi connectivity index (χ4n) is 5.30. The summed E-state index contributed by atoms with van der Waals surface area (Å²) in [6, 6.07) is 20.5. The molecule has 0 radical (unpaired) electrons.